The maximum atomic E-state index is 13.0. The predicted molar refractivity (Wildman–Crippen MR) is 80.5 cm³/mol. The first-order chi connectivity index (χ1) is 9.86. The zero-order chi connectivity index (χ0) is 15.6. The van der Waals surface area contributed by atoms with Gasteiger partial charge in [-0.25, -0.2) is 0 Å². The van der Waals surface area contributed by atoms with E-state index in [4.69, 9.17) is 4.74 Å². The standard InChI is InChI=1S/C16H14BrF3O/c1-3-10-8-12(16(18,19)20)9-14(15(10)17)11-4-6-13(21-2)7-5-11/h4-9H,3H2,1-2H3. The summed E-state index contributed by atoms with van der Waals surface area (Å²) in [7, 11) is 1.55. The van der Waals surface area contributed by atoms with Crippen LogP contribution in [0.1, 0.15) is 18.1 Å². The highest BCUT2D eigenvalue weighted by molar-refractivity contribution is 9.10. The Kier molecular flexibility index (Phi) is 4.61. The Labute approximate surface area is 129 Å². The lowest BCUT2D eigenvalue weighted by atomic mass is 9.98. The summed E-state index contributed by atoms with van der Waals surface area (Å²) in [5.74, 6) is 0.664. The summed E-state index contributed by atoms with van der Waals surface area (Å²) in [4.78, 5) is 0. The fourth-order valence-corrected chi connectivity index (χ4v) is 2.82. The van der Waals surface area contributed by atoms with Gasteiger partial charge in [0.15, 0.2) is 0 Å². The van der Waals surface area contributed by atoms with Crippen LogP contribution < -0.4 is 4.74 Å². The fraction of sp³-hybridized carbons (Fsp3) is 0.250. The molecule has 0 bridgehead atoms. The minimum Gasteiger partial charge on any atom is -0.497 e. The zero-order valence-electron chi connectivity index (χ0n) is 11.6. The quantitative estimate of drug-likeness (QED) is 0.683. The second-order valence-corrected chi connectivity index (χ2v) is 5.37. The van der Waals surface area contributed by atoms with E-state index in [9.17, 15) is 13.2 Å². The molecule has 0 saturated heterocycles. The minimum atomic E-state index is -4.36. The predicted octanol–water partition coefficient (Wildman–Crippen LogP) is 5.71. The van der Waals surface area contributed by atoms with Gasteiger partial charge in [-0.05, 0) is 63.3 Å². The Hall–Kier alpha value is -1.49. The summed E-state index contributed by atoms with van der Waals surface area (Å²) >= 11 is 3.42. The highest BCUT2D eigenvalue weighted by Crippen LogP contribution is 2.38. The van der Waals surface area contributed by atoms with Gasteiger partial charge in [0.05, 0.1) is 12.7 Å². The van der Waals surface area contributed by atoms with E-state index in [1.54, 1.807) is 31.4 Å². The molecule has 2 aromatic rings. The molecule has 5 heteroatoms. The molecule has 2 aromatic carbocycles. The van der Waals surface area contributed by atoms with Gasteiger partial charge in [0.25, 0.3) is 0 Å². The van der Waals surface area contributed by atoms with Crippen molar-refractivity contribution in [1.82, 2.24) is 0 Å². The first-order valence-corrected chi connectivity index (χ1v) is 7.20. The average Bonchev–Trinajstić information content (AvgIpc) is 2.46. The molecule has 0 unspecified atom stereocenters. The van der Waals surface area contributed by atoms with E-state index in [1.807, 2.05) is 6.92 Å². The van der Waals surface area contributed by atoms with Crippen molar-refractivity contribution in [2.75, 3.05) is 7.11 Å². The first kappa shape index (κ1) is 15.9. The van der Waals surface area contributed by atoms with Crippen molar-refractivity contribution in [2.24, 2.45) is 0 Å². The van der Waals surface area contributed by atoms with Gasteiger partial charge in [-0.2, -0.15) is 13.2 Å². The maximum Gasteiger partial charge on any atom is 0.416 e. The summed E-state index contributed by atoms with van der Waals surface area (Å²) in [6.45, 7) is 1.83. The summed E-state index contributed by atoms with van der Waals surface area (Å²) in [6.07, 6.45) is -3.83. The third-order valence-corrected chi connectivity index (χ3v) is 4.19. The number of benzene rings is 2. The van der Waals surface area contributed by atoms with Crippen molar-refractivity contribution in [2.45, 2.75) is 19.5 Å². The van der Waals surface area contributed by atoms with Crippen molar-refractivity contribution >= 4 is 15.9 Å². The molecule has 112 valence electrons. The Morgan fingerprint density at radius 2 is 1.71 bits per heavy atom. The van der Waals surface area contributed by atoms with Gasteiger partial charge >= 0.3 is 6.18 Å². The van der Waals surface area contributed by atoms with Crippen LogP contribution in [-0.4, -0.2) is 7.11 Å². The lowest BCUT2D eigenvalue weighted by Gasteiger charge is -2.15. The van der Waals surface area contributed by atoms with Crippen molar-refractivity contribution < 1.29 is 17.9 Å². The molecular weight excluding hydrogens is 345 g/mol. The van der Waals surface area contributed by atoms with Crippen LogP contribution in [0.5, 0.6) is 5.75 Å². The van der Waals surface area contributed by atoms with Gasteiger partial charge in [-0.15, -0.1) is 0 Å². The lowest BCUT2D eigenvalue weighted by molar-refractivity contribution is -0.137. The van der Waals surface area contributed by atoms with E-state index in [-0.39, 0.29) is 0 Å². The Morgan fingerprint density at radius 3 is 2.19 bits per heavy atom. The molecule has 0 aliphatic heterocycles. The molecule has 0 amide bonds. The van der Waals surface area contributed by atoms with Crippen LogP contribution in [0.4, 0.5) is 13.2 Å². The number of hydrogen-bond acceptors (Lipinski definition) is 1. The number of rotatable bonds is 3. The lowest BCUT2D eigenvalue weighted by Crippen LogP contribution is -2.06. The van der Waals surface area contributed by atoms with E-state index in [2.05, 4.69) is 15.9 Å². The largest absolute Gasteiger partial charge is 0.497 e. The van der Waals surface area contributed by atoms with E-state index in [1.165, 1.54) is 12.1 Å². The second kappa shape index (κ2) is 6.10. The number of hydrogen-bond donors (Lipinski definition) is 0. The van der Waals surface area contributed by atoms with Gasteiger partial charge in [0.1, 0.15) is 5.75 Å². The molecule has 0 fully saturated rings. The fourth-order valence-electron chi connectivity index (χ4n) is 2.09. The molecule has 0 aromatic heterocycles. The van der Waals surface area contributed by atoms with Crippen LogP contribution >= 0.6 is 15.9 Å². The molecule has 2 rings (SSSR count). The Bertz CT molecular complexity index is 633. The van der Waals surface area contributed by atoms with Gasteiger partial charge in [-0.3, -0.25) is 0 Å². The summed E-state index contributed by atoms with van der Waals surface area (Å²) in [6, 6.07) is 9.32. The van der Waals surface area contributed by atoms with E-state index in [0.29, 0.717) is 33.3 Å². The van der Waals surface area contributed by atoms with Crippen molar-refractivity contribution in [1.29, 1.82) is 0 Å². The van der Waals surface area contributed by atoms with E-state index < -0.39 is 11.7 Å². The van der Waals surface area contributed by atoms with Crippen LogP contribution in [0.3, 0.4) is 0 Å². The van der Waals surface area contributed by atoms with Crippen molar-refractivity contribution in [3.63, 3.8) is 0 Å². The van der Waals surface area contributed by atoms with Crippen LogP contribution in [0.15, 0.2) is 40.9 Å². The third kappa shape index (κ3) is 3.40. The van der Waals surface area contributed by atoms with Crippen LogP contribution in [-0.2, 0) is 12.6 Å². The van der Waals surface area contributed by atoms with Crippen LogP contribution in [0, 0.1) is 0 Å². The van der Waals surface area contributed by atoms with E-state index >= 15 is 0 Å². The number of halogens is 4. The number of alkyl halides is 3. The number of ether oxygens (including phenoxy) is 1. The summed E-state index contributed by atoms with van der Waals surface area (Å²) in [5.41, 5.74) is 1.25. The monoisotopic (exact) mass is 358 g/mol. The highest BCUT2D eigenvalue weighted by atomic mass is 79.9. The normalized spacial score (nSPS) is 11.5. The number of aryl methyl sites for hydroxylation is 1. The molecule has 0 saturated carbocycles. The van der Waals surface area contributed by atoms with Crippen molar-refractivity contribution in [3.8, 4) is 16.9 Å². The van der Waals surface area contributed by atoms with E-state index in [0.717, 1.165) is 0 Å². The van der Waals surface area contributed by atoms with Gasteiger partial charge < -0.3 is 4.74 Å². The molecule has 1 nitrogen and oxygen atoms in total. The topological polar surface area (TPSA) is 9.23 Å². The molecule has 0 atom stereocenters. The van der Waals surface area contributed by atoms with Crippen LogP contribution in [0.25, 0.3) is 11.1 Å². The molecule has 21 heavy (non-hydrogen) atoms. The molecule has 0 radical (unpaired) electrons. The molecular formula is C16H14BrF3O. The molecule has 0 N–H and O–H groups in total. The smallest absolute Gasteiger partial charge is 0.416 e. The maximum absolute atomic E-state index is 13.0. The first-order valence-electron chi connectivity index (χ1n) is 6.41. The molecule has 0 spiro atoms. The van der Waals surface area contributed by atoms with Crippen LogP contribution in [0.2, 0.25) is 0 Å². The van der Waals surface area contributed by atoms with Gasteiger partial charge in [0.2, 0.25) is 0 Å². The Balaban J connectivity index is 2.60. The second-order valence-electron chi connectivity index (χ2n) is 4.58. The zero-order valence-corrected chi connectivity index (χ0v) is 13.2. The van der Waals surface area contributed by atoms with Gasteiger partial charge in [-0.1, -0.05) is 19.1 Å². The SMILES string of the molecule is CCc1cc(C(F)(F)F)cc(-c2ccc(OC)cc2)c1Br. The number of methoxy groups -OCH3 is 1. The molecule has 0 heterocycles. The third-order valence-electron chi connectivity index (χ3n) is 3.26. The molecule has 0 aliphatic rings. The minimum absolute atomic E-state index is 0.521. The van der Waals surface area contributed by atoms with Gasteiger partial charge in [0, 0.05) is 4.47 Å². The highest BCUT2D eigenvalue weighted by Gasteiger charge is 2.32. The summed E-state index contributed by atoms with van der Waals surface area (Å²) in [5, 5.41) is 0. The van der Waals surface area contributed by atoms with Crippen molar-refractivity contribution in [3.05, 3.63) is 52.0 Å². The Morgan fingerprint density at radius 1 is 1.10 bits per heavy atom. The summed E-state index contributed by atoms with van der Waals surface area (Å²) < 4.78 is 44.8. The molecule has 0 aliphatic carbocycles. The average molecular weight is 359 g/mol.